The molecular weight excluding hydrogens is 357 g/mol. The molecule has 2 rings (SSSR count). The number of ether oxygens (including phenoxy) is 1. The van der Waals surface area contributed by atoms with E-state index in [2.05, 4.69) is 21.2 Å². The standard InChI is InChI=1S/C16H16BrClFNO/c1-3-20-16(12-9-11(19)5-6-13(12)17)10-4-7-14(18)15(8-10)21-2/h4-9,16,20H,3H2,1-2H3. The van der Waals surface area contributed by atoms with Gasteiger partial charge in [0.1, 0.15) is 11.6 Å². The third-order valence-corrected chi connectivity index (χ3v) is 4.22. The third kappa shape index (κ3) is 3.76. The van der Waals surface area contributed by atoms with Crippen LogP contribution in [0.15, 0.2) is 40.9 Å². The SMILES string of the molecule is CCNC(c1ccc(Cl)c(OC)c1)c1cc(F)ccc1Br. The molecule has 0 radical (unpaired) electrons. The molecule has 5 heteroatoms. The van der Waals surface area contributed by atoms with Crippen molar-refractivity contribution < 1.29 is 9.13 Å². The molecule has 0 bridgehead atoms. The Morgan fingerprint density at radius 1 is 1.29 bits per heavy atom. The monoisotopic (exact) mass is 371 g/mol. The van der Waals surface area contributed by atoms with Gasteiger partial charge in [-0.2, -0.15) is 0 Å². The summed E-state index contributed by atoms with van der Waals surface area (Å²) in [5, 5.41) is 3.91. The van der Waals surface area contributed by atoms with Gasteiger partial charge in [0.15, 0.2) is 0 Å². The Hall–Kier alpha value is -1.10. The third-order valence-electron chi connectivity index (χ3n) is 3.19. The Labute approximate surface area is 137 Å². The molecule has 0 amide bonds. The molecule has 1 N–H and O–H groups in total. The van der Waals surface area contributed by atoms with Gasteiger partial charge >= 0.3 is 0 Å². The molecule has 1 atom stereocenters. The van der Waals surface area contributed by atoms with E-state index in [1.807, 2.05) is 19.1 Å². The van der Waals surface area contributed by atoms with Crippen LogP contribution >= 0.6 is 27.5 Å². The molecule has 0 aromatic heterocycles. The zero-order valence-corrected chi connectivity index (χ0v) is 14.1. The molecule has 0 saturated heterocycles. The van der Waals surface area contributed by atoms with Crippen LogP contribution in [0.1, 0.15) is 24.1 Å². The summed E-state index contributed by atoms with van der Waals surface area (Å²) in [6, 6.07) is 10.1. The average Bonchev–Trinajstić information content (AvgIpc) is 2.48. The molecule has 21 heavy (non-hydrogen) atoms. The molecule has 0 aliphatic carbocycles. The van der Waals surface area contributed by atoms with E-state index in [9.17, 15) is 4.39 Å². The predicted octanol–water partition coefficient (Wildman–Crippen LogP) is 4.95. The lowest BCUT2D eigenvalue weighted by Crippen LogP contribution is -2.22. The second-order valence-corrected chi connectivity index (χ2v) is 5.81. The van der Waals surface area contributed by atoms with Gasteiger partial charge in [-0.15, -0.1) is 0 Å². The molecule has 0 fully saturated rings. The van der Waals surface area contributed by atoms with E-state index in [0.717, 1.165) is 22.1 Å². The van der Waals surface area contributed by atoms with Gasteiger partial charge in [0.05, 0.1) is 18.2 Å². The fraction of sp³-hybridized carbons (Fsp3) is 0.250. The lowest BCUT2D eigenvalue weighted by Gasteiger charge is -2.21. The van der Waals surface area contributed by atoms with Crippen LogP contribution in [-0.4, -0.2) is 13.7 Å². The van der Waals surface area contributed by atoms with Crippen LogP contribution in [0, 0.1) is 5.82 Å². The number of nitrogens with one attached hydrogen (secondary N) is 1. The molecular formula is C16H16BrClFNO. The fourth-order valence-electron chi connectivity index (χ4n) is 2.20. The van der Waals surface area contributed by atoms with Crippen molar-refractivity contribution in [3.05, 3.63) is 62.8 Å². The van der Waals surface area contributed by atoms with Gasteiger partial charge < -0.3 is 10.1 Å². The summed E-state index contributed by atoms with van der Waals surface area (Å²) >= 11 is 9.55. The Morgan fingerprint density at radius 2 is 2.05 bits per heavy atom. The first-order chi connectivity index (χ1) is 10.1. The Morgan fingerprint density at radius 3 is 2.71 bits per heavy atom. The molecule has 0 spiro atoms. The number of hydrogen-bond donors (Lipinski definition) is 1. The van der Waals surface area contributed by atoms with Crippen molar-refractivity contribution >= 4 is 27.5 Å². The van der Waals surface area contributed by atoms with Crippen molar-refractivity contribution in [3.63, 3.8) is 0 Å². The molecule has 2 aromatic carbocycles. The fourth-order valence-corrected chi connectivity index (χ4v) is 2.87. The first-order valence-corrected chi connectivity index (χ1v) is 7.75. The van der Waals surface area contributed by atoms with Crippen molar-refractivity contribution in [1.82, 2.24) is 5.32 Å². The molecule has 0 aliphatic rings. The van der Waals surface area contributed by atoms with Gasteiger partial charge in [0, 0.05) is 4.47 Å². The minimum atomic E-state index is -0.267. The molecule has 2 nitrogen and oxygen atoms in total. The van der Waals surface area contributed by atoms with Crippen molar-refractivity contribution in [3.8, 4) is 5.75 Å². The molecule has 0 heterocycles. The van der Waals surface area contributed by atoms with Crippen molar-refractivity contribution in [2.75, 3.05) is 13.7 Å². The first-order valence-electron chi connectivity index (χ1n) is 6.58. The highest BCUT2D eigenvalue weighted by Gasteiger charge is 2.18. The summed E-state index contributed by atoms with van der Waals surface area (Å²) in [5.41, 5.74) is 1.80. The lowest BCUT2D eigenvalue weighted by atomic mass is 9.98. The van der Waals surface area contributed by atoms with Crippen LogP contribution in [0.2, 0.25) is 5.02 Å². The van der Waals surface area contributed by atoms with Crippen LogP contribution in [0.3, 0.4) is 0 Å². The minimum Gasteiger partial charge on any atom is -0.495 e. The van der Waals surface area contributed by atoms with Crippen LogP contribution in [0.25, 0.3) is 0 Å². The normalized spacial score (nSPS) is 12.2. The highest BCUT2D eigenvalue weighted by atomic mass is 79.9. The van der Waals surface area contributed by atoms with Crippen molar-refractivity contribution in [2.45, 2.75) is 13.0 Å². The summed E-state index contributed by atoms with van der Waals surface area (Å²) in [5.74, 6) is 0.335. The van der Waals surface area contributed by atoms with E-state index >= 15 is 0 Å². The zero-order chi connectivity index (χ0) is 15.4. The summed E-state index contributed by atoms with van der Waals surface area (Å²) in [6.07, 6.45) is 0. The molecule has 1 unspecified atom stereocenters. The zero-order valence-electron chi connectivity index (χ0n) is 11.8. The van der Waals surface area contributed by atoms with Gasteiger partial charge in [-0.05, 0) is 48.0 Å². The topological polar surface area (TPSA) is 21.3 Å². The first kappa shape index (κ1) is 16.3. The van der Waals surface area contributed by atoms with E-state index in [1.165, 1.54) is 12.1 Å². The molecule has 0 aliphatic heterocycles. The van der Waals surface area contributed by atoms with Gasteiger partial charge in [-0.3, -0.25) is 0 Å². The molecule has 2 aromatic rings. The quantitative estimate of drug-likeness (QED) is 0.802. The van der Waals surface area contributed by atoms with E-state index in [4.69, 9.17) is 16.3 Å². The summed E-state index contributed by atoms with van der Waals surface area (Å²) in [4.78, 5) is 0. The highest BCUT2D eigenvalue weighted by Crippen LogP contribution is 2.33. The summed E-state index contributed by atoms with van der Waals surface area (Å²) in [6.45, 7) is 2.76. The molecule has 112 valence electrons. The number of hydrogen-bond acceptors (Lipinski definition) is 2. The van der Waals surface area contributed by atoms with Gasteiger partial charge in [0.25, 0.3) is 0 Å². The second-order valence-electron chi connectivity index (χ2n) is 4.55. The van der Waals surface area contributed by atoms with Crippen LogP contribution < -0.4 is 10.1 Å². The molecule has 0 saturated carbocycles. The summed E-state index contributed by atoms with van der Waals surface area (Å²) < 4.78 is 19.7. The maximum atomic E-state index is 13.6. The maximum Gasteiger partial charge on any atom is 0.137 e. The van der Waals surface area contributed by atoms with E-state index < -0.39 is 0 Å². The number of halogens is 3. The largest absolute Gasteiger partial charge is 0.495 e. The second kappa shape index (κ2) is 7.25. The van der Waals surface area contributed by atoms with E-state index in [0.29, 0.717) is 10.8 Å². The lowest BCUT2D eigenvalue weighted by molar-refractivity contribution is 0.414. The smallest absolute Gasteiger partial charge is 0.137 e. The van der Waals surface area contributed by atoms with Gasteiger partial charge in [-0.25, -0.2) is 4.39 Å². The Kier molecular flexibility index (Phi) is 5.62. The predicted molar refractivity (Wildman–Crippen MR) is 87.6 cm³/mol. The summed E-state index contributed by atoms with van der Waals surface area (Å²) in [7, 11) is 1.57. The maximum absolute atomic E-state index is 13.6. The van der Waals surface area contributed by atoms with Gasteiger partial charge in [-0.1, -0.05) is 40.5 Å². The Bertz CT molecular complexity index is 636. The van der Waals surface area contributed by atoms with E-state index in [-0.39, 0.29) is 11.9 Å². The van der Waals surface area contributed by atoms with E-state index in [1.54, 1.807) is 19.2 Å². The Balaban J connectivity index is 2.50. The van der Waals surface area contributed by atoms with Crippen molar-refractivity contribution in [2.24, 2.45) is 0 Å². The van der Waals surface area contributed by atoms with Crippen LogP contribution in [0.5, 0.6) is 5.75 Å². The van der Waals surface area contributed by atoms with Crippen LogP contribution in [0.4, 0.5) is 4.39 Å². The van der Waals surface area contributed by atoms with Crippen LogP contribution in [-0.2, 0) is 0 Å². The van der Waals surface area contributed by atoms with Crippen molar-refractivity contribution in [1.29, 1.82) is 0 Å². The number of rotatable bonds is 5. The average molecular weight is 373 g/mol. The highest BCUT2D eigenvalue weighted by molar-refractivity contribution is 9.10. The van der Waals surface area contributed by atoms with Gasteiger partial charge in [0.2, 0.25) is 0 Å². The minimum absolute atomic E-state index is 0.147. The number of methoxy groups -OCH3 is 1. The number of benzene rings is 2.